The number of carbonyl (C=O) groups excluding carboxylic acids is 1. The van der Waals surface area contributed by atoms with E-state index in [1.54, 1.807) is 12.1 Å². The van der Waals surface area contributed by atoms with E-state index in [0.29, 0.717) is 29.1 Å². The number of hydrogen-bond acceptors (Lipinski definition) is 5. The molecule has 4 aromatic rings. The molecule has 0 saturated heterocycles. The molecule has 0 unspecified atom stereocenters. The van der Waals surface area contributed by atoms with E-state index in [0.717, 1.165) is 16.7 Å². The van der Waals surface area contributed by atoms with Gasteiger partial charge in [-0.1, -0.05) is 42.5 Å². The summed E-state index contributed by atoms with van der Waals surface area (Å²) in [4.78, 5) is 34.7. The summed E-state index contributed by atoms with van der Waals surface area (Å²) in [5.41, 5.74) is 2.64. The monoisotopic (exact) mass is 486 g/mol. The van der Waals surface area contributed by atoms with E-state index in [1.807, 2.05) is 53.0 Å². The largest absolute Gasteiger partial charge is 0.405 e. The minimum Gasteiger partial charge on any atom is -0.343 e. The number of aromatic amines is 1. The smallest absolute Gasteiger partial charge is 0.343 e. The third-order valence-corrected chi connectivity index (χ3v) is 5.99. The minimum absolute atomic E-state index is 0.152. The van der Waals surface area contributed by atoms with Crippen LogP contribution in [0.3, 0.4) is 0 Å². The van der Waals surface area contributed by atoms with Crippen LogP contribution >= 0.6 is 11.3 Å². The molecule has 0 aliphatic rings. The van der Waals surface area contributed by atoms with Crippen molar-refractivity contribution >= 4 is 27.5 Å². The van der Waals surface area contributed by atoms with Gasteiger partial charge in [-0.05, 0) is 30.3 Å². The molecule has 0 atom stereocenters. The van der Waals surface area contributed by atoms with Gasteiger partial charge in [0.05, 0.1) is 11.9 Å². The molecular weight excluding hydrogens is 465 g/mol. The van der Waals surface area contributed by atoms with E-state index >= 15 is 0 Å². The molecule has 6 nitrogen and oxygen atoms in total. The molecule has 0 saturated carbocycles. The zero-order chi connectivity index (χ0) is 24.3. The maximum atomic E-state index is 12.8. The molecule has 2 aromatic heterocycles. The first kappa shape index (κ1) is 23.7. The maximum absolute atomic E-state index is 12.8. The van der Waals surface area contributed by atoms with Crippen molar-refractivity contribution in [1.82, 2.24) is 20.2 Å². The first-order chi connectivity index (χ1) is 16.2. The number of thiophene rings is 1. The zero-order valence-corrected chi connectivity index (χ0v) is 19.0. The van der Waals surface area contributed by atoms with Crippen molar-refractivity contribution in [3.8, 4) is 11.1 Å². The summed E-state index contributed by atoms with van der Waals surface area (Å²) in [6, 6.07) is 16.0. The lowest BCUT2D eigenvalue weighted by atomic mass is 10.1. The standard InChI is InChI=1S/C24H21F3N4O2S/c1-31(11-15-7-9-17(10-8-15)21(32)28-14-24(25,26)27)12-19-29-22(33)20-18(13-34-23(20)30-19)16-5-3-2-4-6-16/h2-10,13H,11-12,14H2,1H3,(H,28,32)(H,29,30,33). The lowest BCUT2D eigenvalue weighted by Crippen LogP contribution is -2.33. The molecular formula is C24H21F3N4O2S. The number of H-pyrrole nitrogens is 1. The van der Waals surface area contributed by atoms with Crippen molar-refractivity contribution in [3.63, 3.8) is 0 Å². The lowest BCUT2D eigenvalue weighted by molar-refractivity contribution is -0.123. The Kier molecular flexibility index (Phi) is 6.80. The first-order valence-corrected chi connectivity index (χ1v) is 11.3. The number of benzene rings is 2. The molecule has 1 amide bonds. The van der Waals surface area contributed by atoms with Gasteiger partial charge in [0.1, 0.15) is 17.2 Å². The van der Waals surface area contributed by atoms with E-state index in [4.69, 9.17) is 0 Å². The number of amides is 1. The van der Waals surface area contributed by atoms with Gasteiger partial charge < -0.3 is 10.3 Å². The van der Waals surface area contributed by atoms with E-state index in [2.05, 4.69) is 9.97 Å². The number of hydrogen-bond donors (Lipinski definition) is 2. The van der Waals surface area contributed by atoms with Gasteiger partial charge >= 0.3 is 6.18 Å². The fourth-order valence-corrected chi connectivity index (χ4v) is 4.53. The molecule has 0 aliphatic heterocycles. The van der Waals surface area contributed by atoms with Crippen LogP contribution in [0, 0.1) is 0 Å². The van der Waals surface area contributed by atoms with E-state index in [-0.39, 0.29) is 11.1 Å². The highest BCUT2D eigenvalue weighted by atomic mass is 32.1. The quantitative estimate of drug-likeness (QED) is 0.401. The summed E-state index contributed by atoms with van der Waals surface area (Å²) in [6.07, 6.45) is -4.46. The van der Waals surface area contributed by atoms with Gasteiger partial charge in [-0.25, -0.2) is 4.98 Å². The van der Waals surface area contributed by atoms with Crippen molar-refractivity contribution in [2.45, 2.75) is 19.3 Å². The third-order valence-electron chi connectivity index (χ3n) is 5.12. The van der Waals surface area contributed by atoms with Crippen LogP contribution in [0.15, 0.2) is 64.8 Å². The number of halogens is 3. The Morgan fingerprint density at radius 2 is 1.79 bits per heavy atom. The maximum Gasteiger partial charge on any atom is 0.405 e. The number of rotatable bonds is 7. The predicted molar refractivity (Wildman–Crippen MR) is 126 cm³/mol. The summed E-state index contributed by atoms with van der Waals surface area (Å²) in [6.45, 7) is -0.494. The summed E-state index contributed by atoms with van der Waals surface area (Å²) in [5, 5.41) is 4.35. The summed E-state index contributed by atoms with van der Waals surface area (Å²) >= 11 is 1.42. The summed E-state index contributed by atoms with van der Waals surface area (Å²) in [7, 11) is 1.86. The highest BCUT2D eigenvalue weighted by Crippen LogP contribution is 2.30. The van der Waals surface area contributed by atoms with Crippen LogP contribution in [-0.2, 0) is 13.1 Å². The molecule has 0 bridgehead atoms. The van der Waals surface area contributed by atoms with E-state index in [9.17, 15) is 22.8 Å². The Morgan fingerprint density at radius 3 is 2.47 bits per heavy atom. The number of alkyl halides is 3. The molecule has 0 fully saturated rings. The van der Waals surface area contributed by atoms with Crippen LogP contribution in [0.5, 0.6) is 0 Å². The predicted octanol–water partition coefficient (Wildman–Crippen LogP) is 4.58. The molecule has 34 heavy (non-hydrogen) atoms. The molecule has 2 aromatic carbocycles. The van der Waals surface area contributed by atoms with Crippen LogP contribution in [0.25, 0.3) is 21.3 Å². The van der Waals surface area contributed by atoms with Gasteiger partial charge in [0.2, 0.25) is 0 Å². The Bertz CT molecular complexity index is 1350. The highest BCUT2D eigenvalue weighted by molar-refractivity contribution is 7.17. The number of nitrogens with one attached hydrogen (secondary N) is 2. The second-order valence-corrected chi connectivity index (χ2v) is 8.73. The van der Waals surface area contributed by atoms with Crippen LogP contribution in [0.2, 0.25) is 0 Å². The van der Waals surface area contributed by atoms with Gasteiger partial charge in [-0.3, -0.25) is 14.5 Å². The Morgan fingerprint density at radius 1 is 1.09 bits per heavy atom. The van der Waals surface area contributed by atoms with Crippen LogP contribution < -0.4 is 10.9 Å². The van der Waals surface area contributed by atoms with E-state index < -0.39 is 18.6 Å². The fourth-order valence-electron chi connectivity index (χ4n) is 3.57. The van der Waals surface area contributed by atoms with Crippen molar-refractivity contribution < 1.29 is 18.0 Å². The van der Waals surface area contributed by atoms with Crippen molar-refractivity contribution in [2.24, 2.45) is 0 Å². The van der Waals surface area contributed by atoms with Crippen molar-refractivity contribution in [2.75, 3.05) is 13.6 Å². The number of aromatic nitrogens is 2. The third kappa shape index (κ3) is 5.70. The molecule has 10 heteroatoms. The fraction of sp³-hybridized carbons (Fsp3) is 0.208. The first-order valence-electron chi connectivity index (χ1n) is 10.4. The summed E-state index contributed by atoms with van der Waals surface area (Å²) < 4.78 is 36.8. The highest BCUT2D eigenvalue weighted by Gasteiger charge is 2.27. The molecule has 0 spiro atoms. The number of carbonyl (C=O) groups is 1. The number of fused-ring (bicyclic) bond motifs is 1. The van der Waals surface area contributed by atoms with Crippen LogP contribution in [-0.4, -0.2) is 40.5 Å². The second-order valence-electron chi connectivity index (χ2n) is 7.88. The zero-order valence-electron chi connectivity index (χ0n) is 18.1. The van der Waals surface area contributed by atoms with Crippen LogP contribution in [0.1, 0.15) is 21.7 Å². The SMILES string of the molecule is CN(Cc1ccc(C(=O)NCC(F)(F)F)cc1)Cc1nc2scc(-c3ccccc3)c2c(=O)[nH]1. The molecule has 0 aliphatic carbocycles. The second kappa shape index (κ2) is 9.78. The molecule has 0 radical (unpaired) electrons. The average Bonchev–Trinajstić information content (AvgIpc) is 3.22. The average molecular weight is 487 g/mol. The van der Waals surface area contributed by atoms with Crippen LogP contribution in [0.4, 0.5) is 13.2 Å². The Balaban J connectivity index is 1.42. The van der Waals surface area contributed by atoms with Gasteiger partial charge in [0, 0.05) is 23.1 Å². The molecule has 2 heterocycles. The minimum atomic E-state index is -4.46. The molecule has 176 valence electrons. The van der Waals surface area contributed by atoms with Gasteiger partial charge in [0.15, 0.2) is 0 Å². The van der Waals surface area contributed by atoms with Gasteiger partial charge in [-0.15, -0.1) is 11.3 Å². The lowest BCUT2D eigenvalue weighted by Gasteiger charge is -2.16. The molecule has 2 N–H and O–H groups in total. The van der Waals surface area contributed by atoms with Gasteiger partial charge in [0.25, 0.3) is 11.5 Å². The van der Waals surface area contributed by atoms with Gasteiger partial charge in [-0.2, -0.15) is 13.2 Å². The number of nitrogens with zero attached hydrogens (tertiary/aromatic N) is 2. The topological polar surface area (TPSA) is 78.1 Å². The summed E-state index contributed by atoms with van der Waals surface area (Å²) in [5.74, 6) is -0.247. The Hall–Kier alpha value is -3.50. The van der Waals surface area contributed by atoms with Crippen molar-refractivity contribution in [1.29, 1.82) is 0 Å². The Labute approximate surface area is 197 Å². The van der Waals surface area contributed by atoms with Crippen molar-refractivity contribution in [3.05, 3.63) is 87.3 Å². The molecule has 4 rings (SSSR count). The van der Waals surface area contributed by atoms with E-state index in [1.165, 1.54) is 23.5 Å². The normalized spacial score (nSPS) is 11.8.